The third kappa shape index (κ3) is 3.83. The standard InChI is InChI=1S/C25H21NO5S/c1-14-9-10-18(12-15(14)2)26-22(17-6-4-7-19(13-17)31-16(3)27)21(24(29)25(26)30)23(28)20-8-5-11-32-20/h4-13,22,29H,1-3H3. The van der Waals surface area contributed by atoms with E-state index in [0.717, 1.165) is 11.1 Å². The third-order valence-corrected chi connectivity index (χ3v) is 6.27. The number of ether oxygens (including phenoxy) is 1. The molecule has 162 valence electrons. The highest BCUT2D eigenvalue weighted by molar-refractivity contribution is 7.12. The van der Waals surface area contributed by atoms with E-state index in [-0.39, 0.29) is 11.3 Å². The summed E-state index contributed by atoms with van der Waals surface area (Å²) in [4.78, 5) is 39.8. The minimum Gasteiger partial charge on any atom is -0.503 e. The van der Waals surface area contributed by atoms with Crippen LogP contribution >= 0.6 is 11.3 Å². The summed E-state index contributed by atoms with van der Waals surface area (Å²) in [5, 5.41) is 12.6. The van der Waals surface area contributed by atoms with Crippen molar-refractivity contribution in [1.29, 1.82) is 0 Å². The summed E-state index contributed by atoms with van der Waals surface area (Å²) in [6.45, 7) is 5.19. The van der Waals surface area contributed by atoms with Crippen LogP contribution < -0.4 is 9.64 Å². The van der Waals surface area contributed by atoms with Gasteiger partial charge in [-0.3, -0.25) is 19.3 Å². The Morgan fingerprint density at radius 2 is 1.81 bits per heavy atom. The van der Waals surface area contributed by atoms with E-state index >= 15 is 0 Å². The molecular weight excluding hydrogens is 426 g/mol. The molecule has 3 aromatic rings. The van der Waals surface area contributed by atoms with Crippen molar-refractivity contribution >= 4 is 34.7 Å². The summed E-state index contributed by atoms with van der Waals surface area (Å²) in [6.07, 6.45) is 0. The second kappa shape index (κ2) is 8.43. The fourth-order valence-electron chi connectivity index (χ4n) is 3.75. The van der Waals surface area contributed by atoms with Crippen LogP contribution in [0.2, 0.25) is 0 Å². The second-order valence-electron chi connectivity index (χ2n) is 7.58. The molecule has 1 unspecified atom stereocenters. The van der Waals surface area contributed by atoms with Gasteiger partial charge in [0.05, 0.1) is 16.5 Å². The van der Waals surface area contributed by atoms with Gasteiger partial charge < -0.3 is 9.84 Å². The van der Waals surface area contributed by atoms with E-state index in [1.165, 1.54) is 23.2 Å². The van der Waals surface area contributed by atoms with Gasteiger partial charge in [0.2, 0.25) is 5.78 Å². The first kappa shape index (κ1) is 21.5. The average Bonchev–Trinajstić information content (AvgIpc) is 3.37. The average molecular weight is 448 g/mol. The molecule has 1 aliphatic rings. The molecule has 6 nitrogen and oxygen atoms in total. The number of aliphatic hydroxyl groups excluding tert-OH is 1. The fourth-order valence-corrected chi connectivity index (χ4v) is 4.43. The normalized spacial score (nSPS) is 15.9. The predicted octanol–water partition coefficient (Wildman–Crippen LogP) is 5.07. The number of rotatable bonds is 5. The van der Waals surface area contributed by atoms with Crippen LogP contribution in [0.1, 0.15) is 39.3 Å². The number of nitrogens with zero attached hydrogens (tertiary/aromatic N) is 1. The van der Waals surface area contributed by atoms with E-state index in [4.69, 9.17) is 4.74 Å². The number of Topliss-reactive ketones (excluding diaryl/α,β-unsaturated/α-hetero) is 1. The molecule has 0 aliphatic carbocycles. The Hall–Kier alpha value is -3.71. The van der Waals surface area contributed by atoms with Crippen LogP contribution in [0.5, 0.6) is 5.75 Å². The van der Waals surface area contributed by atoms with Crippen LogP contribution in [-0.4, -0.2) is 22.8 Å². The zero-order chi connectivity index (χ0) is 23.0. The van der Waals surface area contributed by atoms with Crippen LogP contribution in [0, 0.1) is 13.8 Å². The molecule has 1 atom stereocenters. The number of amides is 1. The minimum absolute atomic E-state index is 0.00402. The van der Waals surface area contributed by atoms with Gasteiger partial charge >= 0.3 is 5.97 Å². The van der Waals surface area contributed by atoms with Crippen LogP contribution in [0.25, 0.3) is 0 Å². The van der Waals surface area contributed by atoms with E-state index in [0.29, 0.717) is 16.1 Å². The van der Waals surface area contributed by atoms with Crippen molar-refractivity contribution in [3.8, 4) is 5.75 Å². The van der Waals surface area contributed by atoms with E-state index in [1.54, 1.807) is 47.8 Å². The lowest BCUT2D eigenvalue weighted by atomic mass is 9.94. The molecule has 1 aliphatic heterocycles. The Morgan fingerprint density at radius 3 is 2.47 bits per heavy atom. The van der Waals surface area contributed by atoms with Crippen LogP contribution in [0.4, 0.5) is 5.69 Å². The smallest absolute Gasteiger partial charge is 0.308 e. The largest absolute Gasteiger partial charge is 0.503 e. The number of hydrogen-bond acceptors (Lipinski definition) is 6. The Morgan fingerprint density at radius 1 is 1.03 bits per heavy atom. The summed E-state index contributed by atoms with van der Waals surface area (Å²) in [5.74, 6) is -1.85. The highest BCUT2D eigenvalue weighted by Crippen LogP contribution is 2.43. The number of carbonyl (C=O) groups excluding carboxylic acids is 3. The van der Waals surface area contributed by atoms with Crippen molar-refractivity contribution in [2.45, 2.75) is 26.8 Å². The second-order valence-corrected chi connectivity index (χ2v) is 8.53. The van der Waals surface area contributed by atoms with Gasteiger partial charge in [-0.2, -0.15) is 0 Å². The van der Waals surface area contributed by atoms with Gasteiger partial charge in [-0.15, -0.1) is 11.3 Å². The van der Waals surface area contributed by atoms with Gasteiger partial charge in [-0.25, -0.2) is 0 Å². The number of ketones is 1. The van der Waals surface area contributed by atoms with Gasteiger partial charge in [-0.1, -0.05) is 24.3 Å². The minimum atomic E-state index is -0.880. The molecule has 0 saturated carbocycles. The van der Waals surface area contributed by atoms with Gasteiger partial charge in [0.15, 0.2) is 5.76 Å². The van der Waals surface area contributed by atoms with Gasteiger partial charge in [0.25, 0.3) is 5.91 Å². The Balaban J connectivity index is 1.89. The topological polar surface area (TPSA) is 83.9 Å². The molecule has 0 saturated heterocycles. The number of hydrogen-bond donors (Lipinski definition) is 1. The van der Waals surface area contributed by atoms with Crippen molar-refractivity contribution in [2.75, 3.05) is 4.90 Å². The maximum Gasteiger partial charge on any atom is 0.308 e. The highest BCUT2D eigenvalue weighted by Gasteiger charge is 2.45. The summed E-state index contributed by atoms with van der Waals surface area (Å²) in [6, 6.07) is 14.7. The van der Waals surface area contributed by atoms with E-state index in [9.17, 15) is 19.5 Å². The number of aryl methyl sites for hydroxylation is 2. The molecule has 1 N–H and O–H groups in total. The number of carbonyl (C=O) groups is 3. The Kier molecular flexibility index (Phi) is 5.67. The van der Waals surface area contributed by atoms with Crippen molar-refractivity contribution in [3.63, 3.8) is 0 Å². The van der Waals surface area contributed by atoms with Gasteiger partial charge in [-0.05, 0) is 66.2 Å². The third-order valence-electron chi connectivity index (χ3n) is 5.40. The Labute approximate surface area is 189 Å². The van der Waals surface area contributed by atoms with Crippen LogP contribution in [-0.2, 0) is 9.59 Å². The molecule has 1 amide bonds. The summed E-state index contributed by atoms with van der Waals surface area (Å²) >= 11 is 1.24. The first-order chi connectivity index (χ1) is 15.3. The summed E-state index contributed by atoms with van der Waals surface area (Å²) < 4.78 is 5.21. The monoisotopic (exact) mass is 447 g/mol. The number of anilines is 1. The van der Waals surface area contributed by atoms with Crippen molar-refractivity contribution in [1.82, 2.24) is 0 Å². The first-order valence-corrected chi connectivity index (χ1v) is 10.9. The zero-order valence-electron chi connectivity index (χ0n) is 17.8. The van der Waals surface area contributed by atoms with Crippen LogP contribution in [0.3, 0.4) is 0 Å². The van der Waals surface area contributed by atoms with Crippen molar-refractivity contribution in [2.24, 2.45) is 0 Å². The molecule has 7 heteroatoms. The lowest BCUT2D eigenvalue weighted by Crippen LogP contribution is -2.31. The molecule has 0 radical (unpaired) electrons. The number of aliphatic hydroxyl groups is 1. The van der Waals surface area contributed by atoms with E-state index in [1.807, 2.05) is 26.0 Å². The molecule has 0 spiro atoms. The quantitative estimate of drug-likeness (QED) is 0.335. The van der Waals surface area contributed by atoms with E-state index < -0.39 is 29.5 Å². The molecule has 0 fully saturated rings. The predicted molar refractivity (Wildman–Crippen MR) is 122 cm³/mol. The van der Waals surface area contributed by atoms with Gasteiger partial charge in [0, 0.05) is 12.6 Å². The lowest BCUT2D eigenvalue weighted by Gasteiger charge is -2.27. The summed E-state index contributed by atoms with van der Waals surface area (Å²) in [5.41, 5.74) is 3.12. The zero-order valence-corrected chi connectivity index (χ0v) is 18.6. The van der Waals surface area contributed by atoms with Crippen molar-refractivity contribution < 1.29 is 24.2 Å². The van der Waals surface area contributed by atoms with Gasteiger partial charge in [0.1, 0.15) is 5.75 Å². The Bertz CT molecular complexity index is 1260. The number of esters is 1. The fraction of sp³-hybridized carbons (Fsp3) is 0.160. The van der Waals surface area contributed by atoms with Crippen LogP contribution in [0.15, 0.2) is 71.3 Å². The summed E-state index contributed by atoms with van der Waals surface area (Å²) in [7, 11) is 0. The molecule has 0 bridgehead atoms. The number of thiophene rings is 1. The molecule has 2 aromatic carbocycles. The SMILES string of the molecule is CC(=O)Oc1cccc(C2C(C(=O)c3cccs3)=C(O)C(=O)N2c2ccc(C)c(C)c2)c1. The maximum atomic E-state index is 13.3. The molecule has 1 aromatic heterocycles. The van der Waals surface area contributed by atoms with E-state index in [2.05, 4.69) is 0 Å². The first-order valence-electron chi connectivity index (χ1n) is 9.98. The molecular formula is C25H21NO5S. The number of benzene rings is 2. The van der Waals surface area contributed by atoms with Crippen molar-refractivity contribution in [3.05, 3.63) is 92.9 Å². The highest BCUT2D eigenvalue weighted by atomic mass is 32.1. The lowest BCUT2D eigenvalue weighted by molar-refractivity contribution is -0.131. The molecule has 32 heavy (non-hydrogen) atoms. The maximum absolute atomic E-state index is 13.3. The molecule has 2 heterocycles. The molecule has 4 rings (SSSR count).